The molecule has 0 saturated carbocycles. The van der Waals surface area contributed by atoms with Gasteiger partial charge in [0.1, 0.15) is 0 Å². The molecule has 0 aromatic carbocycles. The number of hydrogen-bond donors (Lipinski definition) is 2. The second-order valence-corrected chi connectivity index (χ2v) is 7.37. The maximum absolute atomic E-state index is 12.7. The highest BCUT2D eigenvalue weighted by Crippen LogP contribution is 2.34. The summed E-state index contributed by atoms with van der Waals surface area (Å²) in [4.78, 5) is 14.9. The fourth-order valence-corrected chi connectivity index (χ4v) is 3.39. The third-order valence-electron chi connectivity index (χ3n) is 4.24. The Morgan fingerprint density at radius 1 is 1.30 bits per heavy atom. The van der Waals surface area contributed by atoms with Crippen LogP contribution >= 0.6 is 0 Å². The maximum Gasteiger partial charge on any atom is 0.226 e. The summed E-state index contributed by atoms with van der Waals surface area (Å²) in [7, 11) is 4.16. The summed E-state index contributed by atoms with van der Waals surface area (Å²) < 4.78 is 0. The van der Waals surface area contributed by atoms with Gasteiger partial charge in [-0.3, -0.25) is 4.79 Å². The summed E-state index contributed by atoms with van der Waals surface area (Å²) >= 11 is 0. The van der Waals surface area contributed by atoms with E-state index >= 15 is 0 Å². The Balaban J connectivity index is 2.58. The fraction of sp³-hybridized carbons (Fsp3) is 0.938. The Morgan fingerprint density at radius 3 is 2.40 bits per heavy atom. The minimum atomic E-state index is -0.131. The molecule has 0 aliphatic carbocycles. The van der Waals surface area contributed by atoms with E-state index in [2.05, 4.69) is 50.4 Å². The first kappa shape index (κ1) is 17.4. The Hall–Kier alpha value is -0.610. The highest BCUT2D eigenvalue weighted by molar-refractivity contribution is 5.82. The molecule has 1 aliphatic heterocycles. The van der Waals surface area contributed by atoms with Crippen LogP contribution in [0, 0.1) is 10.8 Å². The second kappa shape index (κ2) is 7.41. The van der Waals surface area contributed by atoms with Crippen LogP contribution in [-0.2, 0) is 4.79 Å². The first-order valence-electron chi connectivity index (χ1n) is 7.95. The summed E-state index contributed by atoms with van der Waals surface area (Å²) in [6.07, 6.45) is 4.03. The van der Waals surface area contributed by atoms with Gasteiger partial charge >= 0.3 is 0 Å². The summed E-state index contributed by atoms with van der Waals surface area (Å²) in [5, 5.41) is 6.59. The summed E-state index contributed by atoms with van der Waals surface area (Å²) in [5.74, 6) is 0.271. The van der Waals surface area contributed by atoms with Crippen molar-refractivity contribution in [2.75, 3.05) is 40.3 Å². The molecule has 1 aliphatic rings. The molecule has 1 rings (SSSR count). The van der Waals surface area contributed by atoms with E-state index in [0.29, 0.717) is 0 Å². The molecule has 0 spiro atoms. The zero-order chi connectivity index (χ0) is 15.2. The lowest BCUT2D eigenvalue weighted by Gasteiger charge is -2.37. The molecule has 1 fully saturated rings. The molecule has 1 heterocycles. The molecule has 4 nitrogen and oxygen atoms in total. The van der Waals surface area contributed by atoms with Crippen molar-refractivity contribution in [3.05, 3.63) is 0 Å². The Labute approximate surface area is 124 Å². The number of rotatable bonds is 7. The SMILES string of the molecule is CCCC1(C(=O)NCC(C)(C)CN(C)C)CCNCC1. The van der Waals surface area contributed by atoms with Gasteiger partial charge in [-0.2, -0.15) is 0 Å². The molecule has 118 valence electrons. The van der Waals surface area contributed by atoms with E-state index in [9.17, 15) is 4.79 Å². The molecule has 0 atom stereocenters. The van der Waals surface area contributed by atoms with Gasteiger partial charge in [-0.15, -0.1) is 0 Å². The van der Waals surface area contributed by atoms with Gasteiger partial charge in [0.2, 0.25) is 5.91 Å². The molecular weight excluding hydrogens is 250 g/mol. The van der Waals surface area contributed by atoms with Crippen LogP contribution in [0.3, 0.4) is 0 Å². The van der Waals surface area contributed by atoms with Crippen molar-refractivity contribution in [2.24, 2.45) is 10.8 Å². The zero-order valence-electron chi connectivity index (χ0n) is 14.0. The van der Waals surface area contributed by atoms with Crippen molar-refractivity contribution in [3.63, 3.8) is 0 Å². The average molecular weight is 283 g/mol. The standard InChI is InChI=1S/C16H33N3O/c1-6-7-16(8-10-17-11-9-16)14(20)18-12-15(2,3)13-19(4)5/h17H,6-13H2,1-5H3,(H,18,20). The topological polar surface area (TPSA) is 44.4 Å². The third kappa shape index (κ3) is 5.06. The lowest BCUT2D eigenvalue weighted by molar-refractivity contribution is -0.133. The molecule has 1 saturated heterocycles. The van der Waals surface area contributed by atoms with E-state index in [1.54, 1.807) is 0 Å². The molecule has 0 aromatic rings. The van der Waals surface area contributed by atoms with E-state index in [0.717, 1.165) is 51.9 Å². The van der Waals surface area contributed by atoms with Crippen molar-refractivity contribution in [1.29, 1.82) is 0 Å². The smallest absolute Gasteiger partial charge is 0.226 e. The first-order valence-corrected chi connectivity index (χ1v) is 7.95. The van der Waals surface area contributed by atoms with E-state index < -0.39 is 0 Å². The van der Waals surface area contributed by atoms with Gasteiger partial charge < -0.3 is 15.5 Å². The Bertz CT molecular complexity index is 301. The zero-order valence-corrected chi connectivity index (χ0v) is 14.0. The fourth-order valence-electron chi connectivity index (χ4n) is 3.39. The Morgan fingerprint density at radius 2 is 1.90 bits per heavy atom. The number of amides is 1. The van der Waals surface area contributed by atoms with E-state index in [-0.39, 0.29) is 16.7 Å². The molecule has 1 amide bonds. The number of hydrogen-bond acceptors (Lipinski definition) is 3. The molecule has 4 heteroatoms. The van der Waals surface area contributed by atoms with Crippen molar-refractivity contribution in [3.8, 4) is 0 Å². The quantitative estimate of drug-likeness (QED) is 0.749. The molecular formula is C16H33N3O. The number of piperidine rings is 1. The maximum atomic E-state index is 12.7. The van der Waals surface area contributed by atoms with Gasteiger partial charge in [0.25, 0.3) is 0 Å². The largest absolute Gasteiger partial charge is 0.355 e. The van der Waals surface area contributed by atoms with E-state index in [1.807, 2.05) is 0 Å². The van der Waals surface area contributed by atoms with Crippen LogP contribution in [0.15, 0.2) is 0 Å². The minimum Gasteiger partial charge on any atom is -0.355 e. The summed E-state index contributed by atoms with van der Waals surface area (Å²) in [5.41, 5.74) is -0.0202. The summed E-state index contributed by atoms with van der Waals surface area (Å²) in [6, 6.07) is 0. The molecule has 2 N–H and O–H groups in total. The highest BCUT2D eigenvalue weighted by atomic mass is 16.2. The Kier molecular flexibility index (Phi) is 6.46. The van der Waals surface area contributed by atoms with E-state index in [4.69, 9.17) is 0 Å². The van der Waals surface area contributed by atoms with E-state index in [1.165, 1.54) is 0 Å². The van der Waals surface area contributed by atoms with Crippen molar-refractivity contribution in [2.45, 2.75) is 46.5 Å². The first-order chi connectivity index (χ1) is 9.31. The summed E-state index contributed by atoms with van der Waals surface area (Å²) in [6.45, 7) is 10.3. The van der Waals surface area contributed by atoms with Crippen molar-refractivity contribution >= 4 is 5.91 Å². The van der Waals surface area contributed by atoms with Gasteiger partial charge in [0.05, 0.1) is 5.41 Å². The second-order valence-electron chi connectivity index (χ2n) is 7.37. The van der Waals surface area contributed by atoms with Crippen LogP contribution in [0.2, 0.25) is 0 Å². The van der Waals surface area contributed by atoms with Crippen LogP contribution in [-0.4, -0.2) is 51.1 Å². The number of carbonyl (C=O) groups is 1. The lowest BCUT2D eigenvalue weighted by atomic mass is 9.74. The van der Waals surface area contributed by atoms with Crippen LogP contribution in [0.1, 0.15) is 46.5 Å². The number of nitrogens with zero attached hydrogens (tertiary/aromatic N) is 1. The van der Waals surface area contributed by atoms with Crippen LogP contribution < -0.4 is 10.6 Å². The highest BCUT2D eigenvalue weighted by Gasteiger charge is 2.38. The molecule has 0 unspecified atom stereocenters. The van der Waals surface area contributed by atoms with Crippen molar-refractivity contribution in [1.82, 2.24) is 15.5 Å². The van der Waals surface area contributed by atoms with Crippen LogP contribution in [0.5, 0.6) is 0 Å². The molecule has 0 bridgehead atoms. The predicted octanol–water partition coefficient (Wildman–Crippen LogP) is 1.86. The van der Waals surface area contributed by atoms with Gasteiger partial charge in [-0.05, 0) is 51.9 Å². The van der Waals surface area contributed by atoms with Gasteiger partial charge in [0.15, 0.2) is 0 Å². The number of nitrogens with one attached hydrogen (secondary N) is 2. The average Bonchev–Trinajstić information content (AvgIpc) is 2.36. The molecule has 0 radical (unpaired) electrons. The minimum absolute atomic E-state index is 0.111. The lowest BCUT2D eigenvalue weighted by Crippen LogP contribution is -2.50. The molecule has 0 aromatic heterocycles. The van der Waals surface area contributed by atoms with Crippen LogP contribution in [0.4, 0.5) is 0 Å². The third-order valence-corrected chi connectivity index (χ3v) is 4.24. The molecule has 20 heavy (non-hydrogen) atoms. The predicted molar refractivity (Wildman–Crippen MR) is 84.8 cm³/mol. The number of carbonyl (C=O) groups excluding carboxylic acids is 1. The van der Waals surface area contributed by atoms with Gasteiger partial charge in [-0.1, -0.05) is 27.2 Å². The normalized spacial score (nSPS) is 19.1. The van der Waals surface area contributed by atoms with Crippen LogP contribution in [0.25, 0.3) is 0 Å². The monoisotopic (exact) mass is 283 g/mol. The van der Waals surface area contributed by atoms with Crippen molar-refractivity contribution < 1.29 is 4.79 Å². The van der Waals surface area contributed by atoms with Gasteiger partial charge in [-0.25, -0.2) is 0 Å². The van der Waals surface area contributed by atoms with Gasteiger partial charge in [0, 0.05) is 13.1 Å².